The van der Waals surface area contributed by atoms with Crippen molar-refractivity contribution in [2.45, 2.75) is 352 Å². The fraction of sp³-hybridized carbons (Fsp3) is 0.731. The molecule has 0 aliphatic carbocycles. The van der Waals surface area contributed by atoms with Gasteiger partial charge < -0.3 is 40.3 Å². The second kappa shape index (κ2) is 65.5. The van der Waals surface area contributed by atoms with E-state index in [-0.39, 0.29) is 12.5 Å². The highest BCUT2D eigenvalue weighted by atomic mass is 16.7. The van der Waals surface area contributed by atoms with E-state index in [0.717, 1.165) is 109 Å². The minimum absolute atomic E-state index is 0.144. The molecule has 0 radical (unpaired) electrons. The molecular weight excluding hydrogens is 1080 g/mol. The van der Waals surface area contributed by atoms with Crippen molar-refractivity contribution in [1.29, 1.82) is 0 Å². The third-order valence-electron chi connectivity index (χ3n) is 16.6. The van der Waals surface area contributed by atoms with E-state index in [4.69, 9.17) is 9.47 Å². The van der Waals surface area contributed by atoms with Crippen molar-refractivity contribution in [3.05, 3.63) is 122 Å². The Morgan fingerprint density at radius 2 is 0.713 bits per heavy atom. The lowest BCUT2D eigenvalue weighted by atomic mass is 9.99. The molecule has 0 aromatic rings. The van der Waals surface area contributed by atoms with Gasteiger partial charge in [0.1, 0.15) is 24.4 Å². The maximum atomic E-state index is 13.2. The third kappa shape index (κ3) is 54.1. The Morgan fingerprint density at radius 1 is 0.402 bits per heavy atom. The van der Waals surface area contributed by atoms with Gasteiger partial charge in [0.05, 0.1) is 25.4 Å². The second-order valence-corrected chi connectivity index (χ2v) is 24.7. The Hall–Kier alpha value is -3.41. The van der Waals surface area contributed by atoms with Crippen LogP contribution in [0.15, 0.2) is 122 Å². The van der Waals surface area contributed by atoms with Gasteiger partial charge in [-0.1, -0.05) is 334 Å². The molecule has 1 rings (SSSR count). The highest BCUT2D eigenvalue weighted by Gasteiger charge is 2.44. The molecule has 87 heavy (non-hydrogen) atoms. The van der Waals surface area contributed by atoms with Crippen molar-refractivity contribution in [2.75, 3.05) is 13.2 Å². The van der Waals surface area contributed by atoms with Crippen LogP contribution in [-0.2, 0) is 14.3 Å². The molecule has 9 heteroatoms. The van der Waals surface area contributed by atoms with Crippen LogP contribution >= 0.6 is 0 Å². The summed E-state index contributed by atoms with van der Waals surface area (Å²) >= 11 is 0. The Kier molecular flexibility index (Phi) is 61.5. The first-order valence-corrected chi connectivity index (χ1v) is 36.2. The van der Waals surface area contributed by atoms with Gasteiger partial charge in [0.25, 0.3) is 0 Å². The standard InChI is InChI=1S/C78H135NO8/c1-3-5-7-9-11-13-15-17-19-21-23-25-27-28-29-30-31-32-33-34-35-36-37-38-39-40-41-42-43-44-46-48-50-52-54-56-58-60-62-64-66-68-74(82)79-71(70-86-78-77(85)76(84)75(83)73(69-80)87-78)72(81)67-65-63-61-59-57-55-53-51-49-47-45-26-24-22-20-18-16-14-12-10-8-6-4-2/h5,7,11,13,17,19,23,25,28-29,31-32,34-35,37-38,40-41,43-44,71-73,75-78,80-81,83-85H,3-4,6,8-10,12,14-16,18,20-22,24,26-27,30,33,36,39,42,45-70H2,1-2H3,(H,79,82)/b7-5-,13-11-,19-17-,25-23-,29-28-,32-31-,35-34-,38-37-,41-40-,44-43-. The first-order chi connectivity index (χ1) is 42.8. The van der Waals surface area contributed by atoms with Gasteiger partial charge in [-0.15, -0.1) is 0 Å². The van der Waals surface area contributed by atoms with E-state index >= 15 is 0 Å². The third-order valence-corrected chi connectivity index (χ3v) is 16.6. The quantitative estimate of drug-likeness (QED) is 0.0261. The molecule has 0 aromatic heterocycles. The van der Waals surface area contributed by atoms with E-state index in [2.05, 4.69) is 141 Å². The Morgan fingerprint density at radius 3 is 1.06 bits per heavy atom. The molecular formula is C78H135NO8. The van der Waals surface area contributed by atoms with Crippen molar-refractivity contribution in [3.8, 4) is 0 Å². The fourth-order valence-corrected chi connectivity index (χ4v) is 11.0. The van der Waals surface area contributed by atoms with Gasteiger partial charge in [-0.3, -0.25) is 4.79 Å². The molecule has 0 aromatic carbocycles. The molecule has 0 spiro atoms. The Bertz CT molecular complexity index is 1790. The molecule has 1 heterocycles. The molecule has 1 aliphatic rings. The number of allylic oxidation sites excluding steroid dienone is 20. The zero-order valence-electron chi connectivity index (χ0n) is 56.0. The van der Waals surface area contributed by atoms with Crippen molar-refractivity contribution in [1.82, 2.24) is 5.32 Å². The van der Waals surface area contributed by atoms with Crippen molar-refractivity contribution < 1.29 is 39.8 Å². The molecule has 1 aliphatic heterocycles. The topological polar surface area (TPSA) is 149 Å². The normalized spacial score (nSPS) is 18.7. The van der Waals surface area contributed by atoms with Crippen LogP contribution in [0.25, 0.3) is 0 Å². The summed E-state index contributed by atoms with van der Waals surface area (Å²) in [5, 5.41) is 55.0. The van der Waals surface area contributed by atoms with Gasteiger partial charge in [0.2, 0.25) is 5.91 Å². The Balaban J connectivity index is 2.12. The summed E-state index contributed by atoms with van der Waals surface area (Å²) in [7, 11) is 0. The largest absolute Gasteiger partial charge is 0.394 e. The SMILES string of the molecule is CC/C=C\C/C=C\C/C=C\C/C=C\C/C=C\C/C=C\C/C=C\C/C=C\C/C=C\C/C=C\CCCCCCCCCCCCC(=O)NC(COC1OC(CO)C(O)C(O)C1O)C(O)CCCCCCCCCCCCCCCCCCCCCCCCC. The lowest BCUT2D eigenvalue weighted by Gasteiger charge is -2.40. The van der Waals surface area contributed by atoms with Gasteiger partial charge in [-0.25, -0.2) is 0 Å². The first kappa shape index (κ1) is 81.6. The van der Waals surface area contributed by atoms with Crippen LogP contribution in [0.1, 0.15) is 309 Å². The number of rotatable bonds is 62. The molecule has 1 amide bonds. The zero-order valence-corrected chi connectivity index (χ0v) is 56.0. The fourth-order valence-electron chi connectivity index (χ4n) is 11.0. The molecule has 0 bridgehead atoms. The number of unbranched alkanes of at least 4 members (excludes halogenated alkanes) is 32. The average molecular weight is 1210 g/mol. The van der Waals surface area contributed by atoms with Crippen molar-refractivity contribution in [3.63, 3.8) is 0 Å². The van der Waals surface area contributed by atoms with E-state index in [0.29, 0.717) is 12.8 Å². The number of aliphatic hydroxyl groups excluding tert-OH is 5. The minimum Gasteiger partial charge on any atom is -0.394 e. The number of carbonyl (C=O) groups excluding carboxylic acids is 1. The van der Waals surface area contributed by atoms with Crippen molar-refractivity contribution >= 4 is 5.91 Å². The van der Waals surface area contributed by atoms with Crippen LogP contribution in [0.3, 0.4) is 0 Å². The average Bonchev–Trinajstić information content (AvgIpc) is 3.47. The van der Waals surface area contributed by atoms with Crippen LogP contribution in [0.4, 0.5) is 0 Å². The monoisotopic (exact) mass is 1210 g/mol. The second-order valence-electron chi connectivity index (χ2n) is 24.7. The summed E-state index contributed by atoms with van der Waals surface area (Å²) in [4.78, 5) is 13.2. The van der Waals surface area contributed by atoms with Gasteiger partial charge in [-0.2, -0.15) is 0 Å². The number of nitrogens with one attached hydrogen (secondary N) is 1. The van der Waals surface area contributed by atoms with Crippen molar-refractivity contribution in [2.24, 2.45) is 0 Å². The molecule has 500 valence electrons. The number of hydrogen-bond donors (Lipinski definition) is 6. The maximum absolute atomic E-state index is 13.2. The predicted octanol–water partition coefficient (Wildman–Crippen LogP) is 20.2. The van der Waals surface area contributed by atoms with E-state index in [1.807, 2.05) is 0 Å². The number of hydrogen-bond acceptors (Lipinski definition) is 8. The van der Waals surface area contributed by atoms with Gasteiger partial charge >= 0.3 is 0 Å². The predicted molar refractivity (Wildman–Crippen MR) is 373 cm³/mol. The van der Waals surface area contributed by atoms with E-state index < -0.39 is 49.5 Å². The van der Waals surface area contributed by atoms with Crippen LogP contribution in [0, 0.1) is 0 Å². The van der Waals surface area contributed by atoms with Gasteiger partial charge in [-0.05, 0) is 89.9 Å². The molecule has 6 N–H and O–H groups in total. The van der Waals surface area contributed by atoms with Crippen LogP contribution in [0.2, 0.25) is 0 Å². The van der Waals surface area contributed by atoms with Crippen LogP contribution in [-0.4, -0.2) is 87.5 Å². The smallest absolute Gasteiger partial charge is 0.220 e. The molecule has 9 nitrogen and oxygen atoms in total. The minimum atomic E-state index is -1.56. The summed E-state index contributed by atoms with van der Waals surface area (Å²) in [5.74, 6) is -0.150. The van der Waals surface area contributed by atoms with Gasteiger partial charge in [0.15, 0.2) is 6.29 Å². The van der Waals surface area contributed by atoms with Gasteiger partial charge in [0, 0.05) is 6.42 Å². The number of carbonyl (C=O) groups is 1. The van der Waals surface area contributed by atoms with Crippen LogP contribution in [0.5, 0.6) is 0 Å². The maximum Gasteiger partial charge on any atom is 0.220 e. The van der Waals surface area contributed by atoms with E-state index in [1.165, 1.54) is 173 Å². The lowest BCUT2D eigenvalue weighted by Crippen LogP contribution is -2.60. The molecule has 1 fully saturated rings. The summed E-state index contributed by atoms with van der Waals surface area (Å²) in [6.45, 7) is 3.75. The first-order valence-electron chi connectivity index (χ1n) is 36.2. The number of aliphatic hydroxyl groups is 5. The molecule has 0 saturated carbocycles. The highest BCUT2D eigenvalue weighted by molar-refractivity contribution is 5.76. The lowest BCUT2D eigenvalue weighted by molar-refractivity contribution is -0.302. The Labute approximate surface area is 535 Å². The highest BCUT2D eigenvalue weighted by Crippen LogP contribution is 2.23. The van der Waals surface area contributed by atoms with E-state index in [1.54, 1.807) is 0 Å². The zero-order chi connectivity index (χ0) is 62.8. The summed E-state index contributed by atoms with van der Waals surface area (Å²) in [6, 6.07) is -0.730. The summed E-state index contributed by atoms with van der Waals surface area (Å²) in [5.41, 5.74) is 0. The summed E-state index contributed by atoms with van der Waals surface area (Å²) < 4.78 is 11.4. The van der Waals surface area contributed by atoms with Crippen LogP contribution < -0.4 is 5.32 Å². The molecule has 1 saturated heterocycles. The molecule has 7 unspecified atom stereocenters. The van der Waals surface area contributed by atoms with E-state index in [9.17, 15) is 30.3 Å². The summed E-state index contributed by atoms with van der Waals surface area (Å²) in [6.07, 6.45) is 91.1. The molecule has 7 atom stereocenters. The number of ether oxygens (including phenoxy) is 2. The number of amides is 1.